The molecule has 19 heavy (non-hydrogen) atoms. The van der Waals surface area contributed by atoms with Crippen molar-refractivity contribution in [2.24, 2.45) is 5.92 Å². The monoisotopic (exact) mass is 259 g/mol. The van der Waals surface area contributed by atoms with E-state index in [1.54, 1.807) is 0 Å². The van der Waals surface area contributed by atoms with E-state index < -0.39 is 0 Å². The molecule has 3 heteroatoms. The Morgan fingerprint density at radius 3 is 2.42 bits per heavy atom. The van der Waals surface area contributed by atoms with Crippen LogP contribution in [0.4, 0.5) is 5.69 Å². The molecule has 0 radical (unpaired) electrons. The molecule has 0 aliphatic heterocycles. The van der Waals surface area contributed by atoms with E-state index in [-0.39, 0.29) is 0 Å². The van der Waals surface area contributed by atoms with Gasteiger partial charge in [0.25, 0.3) is 0 Å². The molecule has 0 aliphatic carbocycles. The zero-order chi connectivity index (χ0) is 14.4. The molecule has 1 aromatic rings. The summed E-state index contributed by atoms with van der Waals surface area (Å²) in [5, 5.41) is 9.28. The number of rotatable bonds is 6. The highest BCUT2D eigenvalue weighted by Gasteiger charge is 2.13. The lowest BCUT2D eigenvalue weighted by Gasteiger charge is -2.29. The van der Waals surface area contributed by atoms with E-state index in [9.17, 15) is 5.26 Å². The van der Waals surface area contributed by atoms with Crippen LogP contribution in [0.15, 0.2) is 18.2 Å². The van der Waals surface area contributed by atoms with Crippen molar-refractivity contribution in [2.75, 3.05) is 38.6 Å². The smallest absolute Gasteiger partial charge is 0.101 e. The summed E-state index contributed by atoms with van der Waals surface area (Å²) in [6, 6.07) is 8.36. The molecule has 0 spiro atoms. The first kappa shape index (κ1) is 15.5. The van der Waals surface area contributed by atoms with E-state index in [0.717, 1.165) is 30.9 Å². The van der Waals surface area contributed by atoms with Gasteiger partial charge in [-0.15, -0.1) is 0 Å². The van der Waals surface area contributed by atoms with Gasteiger partial charge in [-0.1, -0.05) is 19.9 Å². The average molecular weight is 259 g/mol. The number of hydrogen-bond donors (Lipinski definition) is 0. The highest BCUT2D eigenvalue weighted by atomic mass is 15.2. The fourth-order valence-corrected chi connectivity index (χ4v) is 2.07. The molecule has 104 valence electrons. The van der Waals surface area contributed by atoms with Gasteiger partial charge in [-0.2, -0.15) is 5.26 Å². The van der Waals surface area contributed by atoms with Gasteiger partial charge in [-0.3, -0.25) is 0 Å². The summed E-state index contributed by atoms with van der Waals surface area (Å²) in [7, 11) is 4.16. The van der Waals surface area contributed by atoms with Crippen LogP contribution in [0.2, 0.25) is 0 Å². The highest BCUT2D eigenvalue weighted by Crippen LogP contribution is 2.22. The van der Waals surface area contributed by atoms with Crippen molar-refractivity contribution < 1.29 is 0 Å². The first-order valence-corrected chi connectivity index (χ1v) is 6.84. The normalized spacial score (nSPS) is 10.8. The molecule has 0 saturated heterocycles. The van der Waals surface area contributed by atoms with Crippen LogP contribution in [-0.2, 0) is 0 Å². The Hall–Kier alpha value is -1.53. The molecule has 3 nitrogen and oxygen atoms in total. The molecule has 1 aromatic carbocycles. The van der Waals surface area contributed by atoms with E-state index in [1.165, 1.54) is 5.56 Å². The van der Waals surface area contributed by atoms with Crippen LogP contribution < -0.4 is 4.90 Å². The second-order valence-electron chi connectivity index (χ2n) is 5.78. The Labute approximate surface area is 117 Å². The van der Waals surface area contributed by atoms with Crippen molar-refractivity contribution in [3.8, 4) is 6.07 Å². The van der Waals surface area contributed by atoms with Crippen LogP contribution in [0, 0.1) is 24.2 Å². The third kappa shape index (κ3) is 4.92. The Morgan fingerprint density at radius 2 is 1.89 bits per heavy atom. The van der Waals surface area contributed by atoms with E-state index >= 15 is 0 Å². The standard InChI is InChI=1S/C16H25N3/c1-13(2)12-19(9-8-18(4)5)16-10-14(3)6-7-15(16)11-17/h6-7,10,13H,8-9,12H2,1-5H3. The van der Waals surface area contributed by atoms with Gasteiger partial charge in [0.05, 0.1) is 11.3 Å². The minimum absolute atomic E-state index is 0.578. The number of benzene rings is 1. The van der Waals surface area contributed by atoms with Gasteiger partial charge in [-0.25, -0.2) is 0 Å². The van der Waals surface area contributed by atoms with Crippen molar-refractivity contribution in [1.29, 1.82) is 5.26 Å². The molecular weight excluding hydrogens is 234 g/mol. The Balaban J connectivity index is 3.02. The van der Waals surface area contributed by atoms with Gasteiger partial charge in [0, 0.05) is 19.6 Å². The fourth-order valence-electron chi connectivity index (χ4n) is 2.07. The van der Waals surface area contributed by atoms with Gasteiger partial charge in [0.2, 0.25) is 0 Å². The van der Waals surface area contributed by atoms with Crippen molar-refractivity contribution >= 4 is 5.69 Å². The van der Waals surface area contributed by atoms with Crippen LogP contribution in [0.5, 0.6) is 0 Å². The largest absolute Gasteiger partial charge is 0.369 e. The molecular formula is C16H25N3. The Morgan fingerprint density at radius 1 is 1.21 bits per heavy atom. The molecule has 0 aromatic heterocycles. The van der Waals surface area contributed by atoms with E-state index in [0.29, 0.717) is 5.92 Å². The molecule has 0 atom stereocenters. The SMILES string of the molecule is Cc1ccc(C#N)c(N(CCN(C)C)CC(C)C)c1. The number of hydrogen-bond acceptors (Lipinski definition) is 3. The third-order valence-electron chi connectivity index (χ3n) is 3.02. The molecule has 0 aliphatic rings. The Bertz CT molecular complexity index is 444. The van der Waals surface area contributed by atoms with Crippen LogP contribution in [0.25, 0.3) is 0 Å². The Kier molecular flexibility index (Phi) is 5.85. The maximum Gasteiger partial charge on any atom is 0.101 e. The lowest BCUT2D eigenvalue weighted by atomic mass is 10.1. The summed E-state index contributed by atoms with van der Waals surface area (Å²) in [6.45, 7) is 9.42. The molecule has 1 rings (SSSR count). The molecule has 0 saturated carbocycles. The summed E-state index contributed by atoms with van der Waals surface area (Å²) in [5.41, 5.74) is 3.04. The van der Waals surface area contributed by atoms with Crippen molar-refractivity contribution in [1.82, 2.24) is 4.90 Å². The predicted molar refractivity (Wildman–Crippen MR) is 81.5 cm³/mol. The minimum Gasteiger partial charge on any atom is -0.369 e. The highest BCUT2D eigenvalue weighted by molar-refractivity contribution is 5.60. The fraction of sp³-hybridized carbons (Fsp3) is 0.562. The van der Waals surface area contributed by atoms with Crippen LogP contribution in [-0.4, -0.2) is 38.6 Å². The zero-order valence-corrected chi connectivity index (χ0v) is 12.8. The van der Waals surface area contributed by atoms with Crippen LogP contribution in [0.1, 0.15) is 25.0 Å². The summed E-state index contributed by atoms with van der Waals surface area (Å²) in [6.07, 6.45) is 0. The van der Waals surface area contributed by atoms with Gasteiger partial charge >= 0.3 is 0 Å². The number of nitriles is 1. The molecule has 0 unspecified atom stereocenters. The molecule has 0 bridgehead atoms. The first-order valence-electron chi connectivity index (χ1n) is 6.84. The van der Waals surface area contributed by atoms with Gasteiger partial charge < -0.3 is 9.80 Å². The van der Waals surface area contributed by atoms with Crippen molar-refractivity contribution in [2.45, 2.75) is 20.8 Å². The minimum atomic E-state index is 0.578. The van der Waals surface area contributed by atoms with Gasteiger partial charge in [0.1, 0.15) is 6.07 Å². The lowest BCUT2D eigenvalue weighted by molar-refractivity contribution is 0.409. The number of aryl methyl sites for hydroxylation is 1. The molecule has 0 N–H and O–H groups in total. The average Bonchev–Trinajstić information content (AvgIpc) is 2.33. The molecule has 0 fully saturated rings. The summed E-state index contributed by atoms with van der Waals surface area (Å²) in [5.74, 6) is 0.578. The number of likely N-dealkylation sites (N-methyl/N-ethyl adjacent to an activating group) is 1. The van der Waals surface area contributed by atoms with Crippen molar-refractivity contribution in [3.05, 3.63) is 29.3 Å². The zero-order valence-electron chi connectivity index (χ0n) is 12.8. The third-order valence-corrected chi connectivity index (χ3v) is 3.02. The first-order chi connectivity index (χ1) is 8.93. The van der Waals surface area contributed by atoms with Crippen LogP contribution in [0.3, 0.4) is 0 Å². The van der Waals surface area contributed by atoms with E-state index in [4.69, 9.17) is 0 Å². The van der Waals surface area contributed by atoms with Crippen LogP contribution >= 0.6 is 0 Å². The maximum atomic E-state index is 9.28. The second kappa shape index (κ2) is 7.16. The molecule has 0 amide bonds. The summed E-state index contributed by atoms with van der Waals surface area (Å²) < 4.78 is 0. The summed E-state index contributed by atoms with van der Waals surface area (Å²) >= 11 is 0. The number of anilines is 1. The molecule has 0 heterocycles. The van der Waals surface area contributed by atoms with Gasteiger partial charge in [-0.05, 0) is 44.6 Å². The van der Waals surface area contributed by atoms with E-state index in [2.05, 4.69) is 56.8 Å². The quantitative estimate of drug-likeness (QED) is 0.787. The lowest BCUT2D eigenvalue weighted by Crippen LogP contribution is -2.34. The number of nitrogens with zero attached hydrogens (tertiary/aromatic N) is 3. The van der Waals surface area contributed by atoms with E-state index in [1.807, 2.05) is 12.1 Å². The predicted octanol–water partition coefficient (Wildman–Crippen LogP) is 2.89. The topological polar surface area (TPSA) is 30.3 Å². The van der Waals surface area contributed by atoms with Crippen molar-refractivity contribution in [3.63, 3.8) is 0 Å². The van der Waals surface area contributed by atoms with Gasteiger partial charge in [0.15, 0.2) is 0 Å². The second-order valence-corrected chi connectivity index (χ2v) is 5.78. The summed E-state index contributed by atoms with van der Waals surface area (Å²) in [4.78, 5) is 4.51. The maximum absolute atomic E-state index is 9.28.